The van der Waals surface area contributed by atoms with Crippen molar-refractivity contribution in [1.82, 2.24) is 10.2 Å². The van der Waals surface area contributed by atoms with Crippen LogP contribution < -0.4 is 15.4 Å². The van der Waals surface area contributed by atoms with Crippen LogP contribution in [0.1, 0.15) is 22.8 Å². The number of ether oxygens (including phenoxy) is 1. The summed E-state index contributed by atoms with van der Waals surface area (Å²) in [6.07, 6.45) is 0. The molecule has 0 aliphatic carbocycles. The van der Waals surface area contributed by atoms with Gasteiger partial charge in [-0.1, -0.05) is 12.1 Å². The molecule has 2 heterocycles. The van der Waals surface area contributed by atoms with E-state index >= 15 is 0 Å². The summed E-state index contributed by atoms with van der Waals surface area (Å²) in [7, 11) is 0. The maximum atomic E-state index is 13.2. The van der Waals surface area contributed by atoms with E-state index in [-0.39, 0.29) is 18.1 Å². The third-order valence-corrected chi connectivity index (χ3v) is 4.93. The van der Waals surface area contributed by atoms with Crippen molar-refractivity contribution in [3.8, 4) is 5.75 Å². The average Bonchev–Trinajstić information content (AvgIpc) is 2.91. The molecular formula is C20H16FN3O5. The van der Waals surface area contributed by atoms with Gasteiger partial charge in [-0.25, -0.2) is 9.18 Å². The normalized spacial score (nSPS) is 20.6. The van der Waals surface area contributed by atoms with Crippen LogP contribution in [-0.2, 0) is 15.1 Å². The van der Waals surface area contributed by atoms with Gasteiger partial charge in [0, 0.05) is 5.56 Å². The smallest absolute Gasteiger partial charge is 0.325 e. The van der Waals surface area contributed by atoms with E-state index < -0.39 is 35.6 Å². The summed E-state index contributed by atoms with van der Waals surface area (Å²) in [6.45, 7) is 0.913. The Morgan fingerprint density at radius 2 is 1.90 bits per heavy atom. The molecule has 2 aliphatic rings. The van der Waals surface area contributed by atoms with Gasteiger partial charge in [0.05, 0.1) is 12.2 Å². The molecule has 9 heteroatoms. The van der Waals surface area contributed by atoms with Gasteiger partial charge in [-0.05, 0) is 42.8 Å². The van der Waals surface area contributed by atoms with Crippen LogP contribution >= 0.6 is 0 Å². The minimum atomic E-state index is -1.40. The fourth-order valence-corrected chi connectivity index (χ4v) is 3.31. The fraction of sp³-hybridized carbons (Fsp3) is 0.200. The highest BCUT2D eigenvalue weighted by molar-refractivity contribution is 6.11. The van der Waals surface area contributed by atoms with Crippen molar-refractivity contribution in [3.05, 3.63) is 59.4 Å². The van der Waals surface area contributed by atoms with Crippen LogP contribution in [0.25, 0.3) is 0 Å². The molecule has 2 N–H and O–H groups in total. The molecule has 148 valence electrons. The van der Waals surface area contributed by atoms with Gasteiger partial charge in [-0.2, -0.15) is 0 Å². The van der Waals surface area contributed by atoms with Crippen molar-refractivity contribution in [2.45, 2.75) is 12.5 Å². The lowest BCUT2D eigenvalue weighted by atomic mass is 9.92. The number of urea groups is 1. The van der Waals surface area contributed by atoms with E-state index in [1.54, 1.807) is 0 Å². The molecular weight excluding hydrogens is 381 g/mol. The number of hydrogen-bond acceptors (Lipinski definition) is 5. The van der Waals surface area contributed by atoms with Crippen molar-refractivity contribution in [1.29, 1.82) is 0 Å². The van der Waals surface area contributed by atoms with Crippen molar-refractivity contribution in [3.63, 3.8) is 0 Å². The number of benzene rings is 2. The number of anilines is 1. The summed E-state index contributed by atoms with van der Waals surface area (Å²) in [5.41, 5.74) is -0.435. The lowest BCUT2D eigenvalue weighted by molar-refractivity contribution is -0.130. The molecule has 0 saturated carbocycles. The molecule has 1 fully saturated rings. The Morgan fingerprint density at radius 3 is 2.62 bits per heavy atom. The Balaban J connectivity index is 1.55. The molecule has 4 amide bonds. The Labute approximate surface area is 164 Å². The Bertz CT molecular complexity index is 1050. The molecule has 0 bridgehead atoms. The molecule has 1 atom stereocenters. The summed E-state index contributed by atoms with van der Waals surface area (Å²) in [6, 6.07) is 8.95. The quantitative estimate of drug-likeness (QED) is 0.605. The van der Waals surface area contributed by atoms with E-state index in [9.17, 15) is 23.6 Å². The van der Waals surface area contributed by atoms with Crippen LogP contribution in [0.5, 0.6) is 5.75 Å². The van der Waals surface area contributed by atoms with E-state index in [2.05, 4.69) is 10.6 Å². The molecule has 8 nitrogen and oxygen atoms in total. The molecule has 4 rings (SSSR count). The number of amides is 4. The molecule has 0 aromatic heterocycles. The first kappa shape index (κ1) is 18.6. The number of rotatable bonds is 4. The number of carbonyl (C=O) groups is 4. The summed E-state index contributed by atoms with van der Waals surface area (Å²) in [5, 5.41) is 5.16. The summed E-state index contributed by atoms with van der Waals surface area (Å²) in [5.74, 6) is -1.48. The lowest BCUT2D eigenvalue weighted by Gasteiger charge is -2.22. The molecule has 2 aromatic carbocycles. The number of ketones is 1. The van der Waals surface area contributed by atoms with Gasteiger partial charge < -0.3 is 15.4 Å². The number of carbonyl (C=O) groups excluding carboxylic acids is 4. The number of halogens is 1. The number of fused-ring (bicyclic) bond motifs is 1. The summed E-state index contributed by atoms with van der Waals surface area (Å²) >= 11 is 0. The Morgan fingerprint density at radius 1 is 1.17 bits per heavy atom. The first-order valence-electron chi connectivity index (χ1n) is 8.78. The van der Waals surface area contributed by atoms with Gasteiger partial charge in [0.2, 0.25) is 0 Å². The topological polar surface area (TPSA) is 105 Å². The van der Waals surface area contributed by atoms with Crippen LogP contribution in [0, 0.1) is 5.82 Å². The van der Waals surface area contributed by atoms with Crippen LogP contribution in [0.2, 0.25) is 0 Å². The Kier molecular flexibility index (Phi) is 4.30. The van der Waals surface area contributed by atoms with E-state index in [0.717, 1.165) is 4.90 Å². The monoisotopic (exact) mass is 397 g/mol. The van der Waals surface area contributed by atoms with Gasteiger partial charge in [0.15, 0.2) is 12.4 Å². The number of nitrogens with one attached hydrogen (secondary N) is 2. The van der Waals surface area contributed by atoms with Crippen LogP contribution in [0.4, 0.5) is 14.9 Å². The average molecular weight is 397 g/mol. The number of nitrogens with zero attached hydrogens (tertiary/aromatic N) is 1. The second-order valence-corrected chi connectivity index (χ2v) is 6.92. The predicted octanol–water partition coefficient (Wildman–Crippen LogP) is 1.81. The van der Waals surface area contributed by atoms with Gasteiger partial charge >= 0.3 is 6.03 Å². The zero-order chi connectivity index (χ0) is 20.8. The van der Waals surface area contributed by atoms with E-state index in [1.807, 2.05) is 0 Å². The zero-order valence-corrected chi connectivity index (χ0v) is 15.3. The highest BCUT2D eigenvalue weighted by Gasteiger charge is 2.49. The standard InChI is InChI=1S/C20H16FN3O5/c1-20(12-3-5-13(21)6-4-12)18(27)24(19(28)23-20)9-15(25)11-2-7-16-14(8-11)22-17(26)10-29-16/h2-8H,9-10H2,1H3,(H,22,26)(H,23,28). The Hall–Kier alpha value is -3.75. The molecule has 29 heavy (non-hydrogen) atoms. The largest absolute Gasteiger partial charge is 0.482 e. The van der Waals surface area contributed by atoms with E-state index in [1.165, 1.54) is 49.4 Å². The van der Waals surface area contributed by atoms with Crippen LogP contribution in [0.3, 0.4) is 0 Å². The third-order valence-electron chi connectivity index (χ3n) is 4.93. The number of hydrogen-bond donors (Lipinski definition) is 2. The number of Topliss-reactive ketones (excluding diaryl/α,β-unsaturated/α-hetero) is 1. The fourth-order valence-electron chi connectivity index (χ4n) is 3.31. The first-order chi connectivity index (χ1) is 13.8. The zero-order valence-electron chi connectivity index (χ0n) is 15.3. The SMILES string of the molecule is CC1(c2ccc(F)cc2)NC(=O)N(CC(=O)c2ccc3c(c2)NC(=O)CO3)C1=O. The van der Waals surface area contributed by atoms with Gasteiger partial charge in [0.25, 0.3) is 11.8 Å². The van der Waals surface area contributed by atoms with E-state index in [0.29, 0.717) is 17.0 Å². The molecule has 1 unspecified atom stereocenters. The van der Waals surface area contributed by atoms with Crippen molar-refractivity contribution >= 4 is 29.3 Å². The van der Waals surface area contributed by atoms with Crippen molar-refractivity contribution in [2.24, 2.45) is 0 Å². The minimum absolute atomic E-state index is 0.106. The molecule has 2 aliphatic heterocycles. The third kappa shape index (κ3) is 3.20. The minimum Gasteiger partial charge on any atom is -0.482 e. The summed E-state index contributed by atoms with van der Waals surface area (Å²) < 4.78 is 18.4. The molecule has 0 radical (unpaired) electrons. The maximum Gasteiger partial charge on any atom is 0.325 e. The first-order valence-corrected chi connectivity index (χ1v) is 8.78. The maximum absolute atomic E-state index is 13.2. The molecule has 1 saturated heterocycles. The molecule has 0 spiro atoms. The van der Waals surface area contributed by atoms with Gasteiger partial charge in [-0.3, -0.25) is 19.3 Å². The lowest BCUT2D eigenvalue weighted by Crippen LogP contribution is -2.41. The molecule has 2 aromatic rings. The number of imide groups is 1. The van der Waals surface area contributed by atoms with Crippen molar-refractivity contribution in [2.75, 3.05) is 18.5 Å². The summed E-state index contributed by atoms with van der Waals surface area (Å²) in [4.78, 5) is 50.2. The van der Waals surface area contributed by atoms with Crippen LogP contribution in [0.15, 0.2) is 42.5 Å². The van der Waals surface area contributed by atoms with Crippen LogP contribution in [-0.4, -0.2) is 41.7 Å². The highest BCUT2D eigenvalue weighted by atomic mass is 19.1. The van der Waals surface area contributed by atoms with Gasteiger partial charge in [0.1, 0.15) is 17.1 Å². The van der Waals surface area contributed by atoms with Gasteiger partial charge in [-0.15, -0.1) is 0 Å². The second-order valence-electron chi connectivity index (χ2n) is 6.92. The van der Waals surface area contributed by atoms with E-state index in [4.69, 9.17) is 4.74 Å². The predicted molar refractivity (Wildman–Crippen MR) is 98.9 cm³/mol. The highest BCUT2D eigenvalue weighted by Crippen LogP contribution is 2.31. The second kappa shape index (κ2) is 6.69. The van der Waals surface area contributed by atoms with Crippen molar-refractivity contribution < 1.29 is 28.3 Å².